The Bertz CT molecular complexity index is 613. The highest BCUT2D eigenvalue weighted by Gasteiger charge is 2.15. The Hall–Kier alpha value is -1.86. The summed E-state index contributed by atoms with van der Waals surface area (Å²) in [6.45, 7) is 16.1. The number of hydrogen-bond donors (Lipinski definition) is 2. The number of hydrogen-bond acceptors (Lipinski definition) is 5. The molecular weight excluding hydrogens is 362 g/mol. The van der Waals surface area contributed by atoms with Gasteiger partial charge < -0.3 is 20.4 Å². The van der Waals surface area contributed by atoms with Gasteiger partial charge in [-0.15, -0.1) is 0 Å². The van der Waals surface area contributed by atoms with E-state index in [2.05, 4.69) is 82.2 Å². The van der Waals surface area contributed by atoms with Crippen molar-refractivity contribution < 1.29 is 0 Å². The number of anilines is 1. The summed E-state index contributed by atoms with van der Waals surface area (Å²) in [5.41, 5.74) is 1.22. The number of aliphatic imine (C=N–C) groups is 1. The quantitative estimate of drug-likeness (QED) is 0.374. The third-order valence-electron chi connectivity index (χ3n) is 5.53. The Kier molecular flexibility index (Phi) is 9.67. The van der Waals surface area contributed by atoms with Gasteiger partial charge in [-0.3, -0.25) is 9.89 Å². The number of piperazine rings is 1. The average molecular weight is 404 g/mol. The highest BCUT2D eigenvalue weighted by Crippen LogP contribution is 2.14. The van der Waals surface area contributed by atoms with Crippen molar-refractivity contribution in [3.05, 3.63) is 23.9 Å². The Balaban J connectivity index is 1.77. The molecule has 0 spiro atoms. The maximum atomic E-state index is 4.57. The molecule has 0 saturated carbocycles. The number of pyridine rings is 1. The van der Waals surface area contributed by atoms with Crippen LogP contribution in [0.1, 0.15) is 39.7 Å². The summed E-state index contributed by atoms with van der Waals surface area (Å²) >= 11 is 0. The van der Waals surface area contributed by atoms with Crippen LogP contribution in [-0.4, -0.2) is 86.2 Å². The molecule has 0 aliphatic carbocycles. The smallest absolute Gasteiger partial charge is 0.191 e. The minimum Gasteiger partial charge on any atom is -0.356 e. The van der Waals surface area contributed by atoms with E-state index in [1.165, 1.54) is 5.56 Å². The topological polar surface area (TPSA) is 59.0 Å². The predicted molar refractivity (Wildman–Crippen MR) is 124 cm³/mol. The van der Waals surface area contributed by atoms with Crippen molar-refractivity contribution in [2.45, 2.75) is 52.7 Å². The van der Waals surface area contributed by atoms with Gasteiger partial charge in [0.05, 0.1) is 0 Å². The van der Waals surface area contributed by atoms with Crippen LogP contribution in [0.15, 0.2) is 23.3 Å². The lowest BCUT2D eigenvalue weighted by molar-refractivity contribution is 0.173. The number of nitrogens with zero attached hydrogens (tertiary/aromatic N) is 5. The van der Waals surface area contributed by atoms with E-state index < -0.39 is 0 Å². The number of nitrogens with one attached hydrogen (secondary N) is 2. The van der Waals surface area contributed by atoms with Gasteiger partial charge in [-0.2, -0.15) is 0 Å². The second-order valence-corrected chi connectivity index (χ2v) is 8.44. The highest BCUT2D eigenvalue weighted by atomic mass is 15.3. The van der Waals surface area contributed by atoms with Crippen LogP contribution in [0.3, 0.4) is 0 Å². The molecule has 164 valence electrons. The molecule has 2 rings (SSSR count). The fourth-order valence-corrected chi connectivity index (χ4v) is 3.77. The summed E-state index contributed by atoms with van der Waals surface area (Å²) in [5.74, 6) is 1.92. The van der Waals surface area contributed by atoms with Gasteiger partial charge in [-0.05, 0) is 58.9 Å². The SMILES string of the molecule is CN=C(NCCCN(C(C)C)C(C)C)NCc1ccnc(N2CCN(C)CC2)c1. The maximum absolute atomic E-state index is 4.57. The summed E-state index contributed by atoms with van der Waals surface area (Å²) in [6, 6.07) is 5.42. The van der Waals surface area contributed by atoms with E-state index in [4.69, 9.17) is 0 Å². The maximum Gasteiger partial charge on any atom is 0.191 e. The lowest BCUT2D eigenvalue weighted by Crippen LogP contribution is -2.44. The molecular formula is C22H41N7. The third kappa shape index (κ3) is 7.82. The van der Waals surface area contributed by atoms with E-state index in [1.54, 1.807) is 0 Å². The van der Waals surface area contributed by atoms with Gasteiger partial charge in [0.15, 0.2) is 5.96 Å². The van der Waals surface area contributed by atoms with E-state index >= 15 is 0 Å². The molecule has 0 radical (unpaired) electrons. The van der Waals surface area contributed by atoms with Crippen LogP contribution in [0, 0.1) is 0 Å². The average Bonchev–Trinajstić information content (AvgIpc) is 2.70. The Morgan fingerprint density at radius 2 is 1.83 bits per heavy atom. The summed E-state index contributed by atoms with van der Waals surface area (Å²) in [7, 11) is 4.00. The van der Waals surface area contributed by atoms with Crippen molar-refractivity contribution >= 4 is 11.8 Å². The molecule has 0 atom stereocenters. The molecule has 1 aromatic rings. The number of aromatic nitrogens is 1. The van der Waals surface area contributed by atoms with Crippen molar-refractivity contribution in [2.75, 3.05) is 58.3 Å². The molecule has 29 heavy (non-hydrogen) atoms. The Morgan fingerprint density at radius 3 is 2.45 bits per heavy atom. The van der Waals surface area contributed by atoms with E-state index in [9.17, 15) is 0 Å². The Labute approximate surface area is 177 Å². The van der Waals surface area contributed by atoms with Crippen molar-refractivity contribution in [3.63, 3.8) is 0 Å². The molecule has 0 bridgehead atoms. The summed E-state index contributed by atoms with van der Waals surface area (Å²) in [6.07, 6.45) is 3.01. The van der Waals surface area contributed by atoms with E-state index in [-0.39, 0.29) is 0 Å². The van der Waals surface area contributed by atoms with E-state index in [0.29, 0.717) is 12.1 Å². The molecule has 1 fully saturated rings. The molecule has 2 N–H and O–H groups in total. The van der Waals surface area contributed by atoms with Crippen molar-refractivity contribution in [1.29, 1.82) is 0 Å². The van der Waals surface area contributed by atoms with Crippen LogP contribution in [0.2, 0.25) is 0 Å². The van der Waals surface area contributed by atoms with Crippen LogP contribution >= 0.6 is 0 Å². The zero-order chi connectivity index (χ0) is 21.2. The molecule has 7 heteroatoms. The molecule has 1 aromatic heterocycles. The number of likely N-dealkylation sites (N-methyl/N-ethyl adjacent to an activating group) is 1. The lowest BCUT2D eigenvalue weighted by atomic mass is 10.2. The van der Waals surface area contributed by atoms with Crippen LogP contribution in [0.4, 0.5) is 5.82 Å². The van der Waals surface area contributed by atoms with E-state index in [0.717, 1.165) is 64.0 Å². The molecule has 1 aliphatic heterocycles. The molecule has 0 aromatic carbocycles. The fraction of sp³-hybridized carbons (Fsp3) is 0.727. The first-order valence-corrected chi connectivity index (χ1v) is 11.0. The minimum absolute atomic E-state index is 0.577. The van der Waals surface area contributed by atoms with Gasteiger partial charge >= 0.3 is 0 Å². The monoisotopic (exact) mass is 403 g/mol. The molecule has 1 aliphatic rings. The Morgan fingerprint density at radius 1 is 1.14 bits per heavy atom. The van der Waals surface area contributed by atoms with Gasteiger partial charge in [0.1, 0.15) is 5.82 Å². The minimum atomic E-state index is 0.577. The zero-order valence-electron chi connectivity index (χ0n) is 19.3. The van der Waals surface area contributed by atoms with Crippen molar-refractivity contribution in [3.8, 4) is 0 Å². The van der Waals surface area contributed by atoms with Gasteiger partial charge in [-0.25, -0.2) is 4.98 Å². The van der Waals surface area contributed by atoms with Crippen LogP contribution < -0.4 is 15.5 Å². The number of rotatable bonds is 9. The van der Waals surface area contributed by atoms with Crippen LogP contribution in [0.5, 0.6) is 0 Å². The molecule has 2 heterocycles. The first-order valence-electron chi connectivity index (χ1n) is 11.0. The molecule has 0 unspecified atom stereocenters. The summed E-state index contributed by atoms with van der Waals surface area (Å²) < 4.78 is 0. The lowest BCUT2D eigenvalue weighted by Gasteiger charge is -2.33. The first-order chi connectivity index (χ1) is 13.9. The first kappa shape index (κ1) is 23.4. The second-order valence-electron chi connectivity index (χ2n) is 8.44. The fourth-order valence-electron chi connectivity index (χ4n) is 3.77. The summed E-state index contributed by atoms with van der Waals surface area (Å²) in [5, 5.41) is 6.86. The van der Waals surface area contributed by atoms with Gasteiger partial charge in [0.25, 0.3) is 0 Å². The molecule has 7 nitrogen and oxygen atoms in total. The van der Waals surface area contributed by atoms with Crippen molar-refractivity contribution in [1.82, 2.24) is 25.4 Å². The van der Waals surface area contributed by atoms with Gasteiger partial charge in [0.2, 0.25) is 0 Å². The molecule has 1 saturated heterocycles. The second kappa shape index (κ2) is 12.0. The largest absolute Gasteiger partial charge is 0.356 e. The standard InChI is InChI=1S/C22H41N7/c1-18(2)29(19(3)4)11-7-9-25-22(23-5)26-17-20-8-10-24-21(16-20)28-14-12-27(6)13-15-28/h8,10,16,18-19H,7,9,11-15,17H2,1-6H3,(H2,23,25,26). The summed E-state index contributed by atoms with van der Waals surface area (Å²) in [4.78, 5) is 16.2. The highest BCUT2D eigenvalue weighted by molar-refractivity contribution is 5.79. The van der Waals surface area contributed by atoms with Crippen molar-refractivity contribution in [2.24, 2.45) is 4.99 Å². The predicted octanol–water partition coefficient (Wildman–Crippen LogP) is 2.01. The zero-order valence-corrected chi connectivity index (χ0v) is 19.3. The van der Waals surface area contributed by atoms with E-state index in [1.807, 2.05) is 13.2 Å². The van der Waals surface area contributed by atoms with Gasteiger partial charge in [-0.1, -0.05) is 0 Å². The van der Waals surface area contributed by atoms with Crippen LogP contribution in [-0.2, 0) is 6.54 Å². The van der Waals surface area contributed by atoms with Gasteiger partial charge in [0, 0.05) is 71.1 Å². The molecule has 0 amide bonds. The van der Waals surface area contributed by atoms with Crippen LogP contribution in [0.25, 0.3) is 0 Å². The third-order valence-corrected chi connectivity index (χ3v) is 5.53. The normalized spacial score (nSPS) is 16.2. The number of guanidine groups is 1.